The average molecular weight is 278 g/mol. The quantitative estimate of drug-likeness (QED) is 0.917. The largest absolute Gasteiger partial charge is 0.368 e. The molecule has 1 aliphatic heterocycles. The Morgan fingerprint density at radius 1 is 1.47 bits per heavy atom. The molecule has 1 fully saturated rings. The van der Waals surface area contributed by atoms with Gasteiger partial charge in [-0.2, -0.15) is 0 Å². The van der Waals surface area contributed by atoms with Gasteiger partial charge < -0.3 is 10.1 Å². The molecule has 0 saturated carbocycles. The molecule has 1 unspecified atom stereocenters. The lowest BCUT2D eigenvalue weighted by Crippen LogP contribution is -2.33. The molecule has 3 nitrogen and oxygen atoms in total. The van der Waals surface area contributed by atoms with E-state index in [4.69, 9.17) is 4.74 Å². The Bertz CT molecular complexity index is 579. The molecule has 1 N–H and O–H groups in total. The lowest BCUT2D eigenvalue weighted by atomic mass is 10.1. The van der Waals surface area contributed by atoms with Crippen molar-refractivity contribution in [3.63, 3.8) is 0 Å². The summed E-state index contributed by atoms with van der Waals surface area (Å²) in [7, 11) is 0. The SMILES string of the molecule is Cc1ccc(-c2csc(C3CNCCO3)n2)cc1F. The summed E-state index contributed by atoms with van der Waals surface area (Å²) in [5.74, 6) is -0.192. The normalized spacial score (nSPS) is 19.6. The Morgan fingerprint density at radius 3 is 3.11 bits per heavy atom. The molecule has 0 radical (unpaired) electrons. The first-order valence-corrected chi connectivity index (χ1v) is 7.16. The highest BCUT2D eigenvalue weighted by Gasteiger charge is 2.19. The van der Waals surface area contributed by atoms with Gasteiger partial charge in [0.2, 0.25) is 0 Å². The molecule has 0 amide bonds. The number of nitrogens with one attached hydrogen (secondary N) is 1. The van der Waals surface area contributed by atoms with Crippen LogP contribution in [-0.4, -0.2) is 24.7 Å². The summed E-state index contributed by atoms with van der Waals surface area (Å²) in [6.45, 7) is 4.14. The fraction of sp³-hybridized carbons (Fsp3) is 0.357. The number of thiazole rings is 1. The molecule has 1 aromatic carbocycles. The first kappa shape index (κ1) is 12.7. The zero-order chi connectivity index (χ0) is 13.2. The van der Waals surface area contributed by atoms with Crippen LogP contribution >= 0.6 is 11.3 Å². The molecule has 0 spiro atoms. The van der Waals surface area contributed by atoms with Crippen molar-refractivity contribution < 1.29 is 9.13 Å². The van der Waals surface area contributed by atoms with E-state index in [0.717, 1.165) is 29.4 Å². The zero-order valence-corrected chi connectivity index (χ0v) is 11.5. The molecule has 1 atom stereocenters. The molecule has 2 aromatic rings. The van der Waals surface area contributed by atoms with Gasteiger partial charge in [-0.05, 0) is 18.6 Å². The number of rotatable bonds is 2. The van der Waals surface area contributed by atoms with E-state index in [1.54, 1.807) is 24.3 Å². The third kappa shape index (κ3) is 2.68. The molecule has 0 aliphatic carbocycles. The summed E-state index contributed by atoms with van der Waals surface area (Å²) in [6.07, 6.45) is 0.0165. The second-order valence-corrected chi connectivity index (χ2v) is 5.49. The van der Waals surface area contributed by atoms with Crippen molar-refractivity contribution >= 4 is 11.3 Å². The van der Waals surface area contributed by atoms with Gasteiger partial charge >= 0.3 is 0 Å². The number of hydrogen-bond acceptors (Lipinski definition) is 4. The smallest absolute Gasteiger partial charge is 0.126 e. The minimum Gasteiger partial charge on any atom is -0.368 e. The van der Waals surface area contributed by atoms with Crippen LogP contribution in [-0.2, 0) is 4.74 Å². The van der Waals surface area contributed by atoms with Crippen molar-refractivity contribution in [2.45, 2.75) is 13.0 Å². The van der Waals surface area contributed by atoms with E-state index in [1.807, 2.05) is 11.4 Å². The van der Waals surface area contributed by atoms with E-state index in [2.05, 4.69) is 10.3 Å². The maximum Gasteiger partial charge on any atom is 0.126 e. The number of aryl methyl sites for hydroxylation is 1. The van der Waals surface area contributed by atoms with Gasteiger partial charge in [-0.1, -0.05) is 12.1 Å². The highest BCUT2D eigenvalue weighted by Crippen LogP contribution is 2.28. The molecule has 1 saturated heterocycles. The monoisotopic (exact) mass is 278 g/mol. The molecule has 19 heavy (non-hydrogen) atoms. The van der Waals surface area contributed by atoms with Gasteiger partial charge in [0.25, 0.3) is 0 Å². The molecule has 2 heterocycles. The number of ether oxygens (including phenoxy) is 1. The molecule has 100 valence electrons. The summed E-state index contributed by atoms with van der Waals surface area (Å²) in [5, 5.41) is 6.18. The van der Waals surface area contributed by atoms with E-state index >= 15 is 0 Å². The third-order valence-corrected chi connectivity index (χ3v) is 4.13. The standard InChI is InChI=1S/C14H15FN2OS/c1-9-2-3-10(6-11(9)15)12-8-19-14(17-12)13-7-16-4-5-18-13/h2-3,6,8,13,16H,4-5,7H2,1H3. The predicted octanol–water partition coefficient (Wildman–Crippen LogP) is 2.92. The van der Waals surface area contributed by atoms with Gasteiger partial charge in [0.05, 0.1) is 12.3 Å². The van der Waals surface area contributed by atoms with Crippen molar-refractivity contribution in [2.24, 2.45) is 0 Å². The van der Waals surface area contributed by atoms with Crippen LogP contribution in [0.5, 0.6) is 0 Å². The van der Waals surface area contributed by atoms with Gasteiger partial charge in [-0.15, -0.1) is 11.3 Å². The van der Waals surface area contributed by atoms with Crippen LogP contribution in [0.25, 0.3) is 11.3 Å². The first-order chi connectivity index (χ1) is 9.24. The van der Waals surface area contributed by atoms with Gasteiger partial charge in [0, 0.05) is 24.0 Å². The Kier molecular flexibility index (Phi) is 3.59. The topological polar surface area (TPSA) is 34.1 Å². The fourth-order valence-electron chi connectivity index (χ4n) is 2.04. The van der Waals surface area contributed by atoms with E-state index < -0.39 is 0 Å². The first-order valence-electron chi connectivity index (χ1n) is 6.28. The van der Waals surface area contributed by atoms with Crippen LogP contribution in [0.2, 0.25) is 0 Å². The van der Waals surface area contributed by atoms with Gasteiger partial charge in [0.15, 0.2) is 0 Å². The average Bonchev–Trinajstić information content (AvgIpc) is 2.93. The minimum atomic E-state index is -0.192. The van der Waals surface area contributed by atoms with Gasteiger partial charge in [-0.25, -0.2) is 9.37 Å². The summed E-state index contributed by atoms with van der Waals surface area (Å²) >= 11 is 1.56. The van der Waals surface area contributed by atoms with Crippen molar-refractivity contribution in [3.05, 3.63) is 40.0 Å². The molecule has 5 heteroatoms. The number of hydrogen-bond donors (Lipinski definition) is 1. The third-order valence-electron chi connectivity index (χ3n) is 3.19. The van der Waals surface area contributed by atoms with Crippen molar-refractivity contribution in [2.75, 3.05) is 19.7 Å². The minimum absolute atomic E-state index is 0.0165. The Morgan fingerprint density at radius 2 is 2.37 bits per heavy atom. The van der Waals surface area contributed by atoms with Crippen LogP contribution in [0.4, 0.5) is 4.39 Å². The van der Waals surface area contributed by atoms with Crippen LogP contribution < -0.4 is 5.32 Å². The maximum absolute atomic E-state index is 13.6. The summed E-state index contributed by atoms with van der Waals surface area (Å²) in [5.41, 5.74) is 2.28. The Balaban J connectivity index is 1.85. The van der Waals surface area contributed by atoms with Crippen LogP contribution in [0, 0.1) is 12.7 Å². The molecule has 0 bridgehead atoms. The second-order valence-electron chi connectivity index (χ2n) is 4.60. The fourth-order valence-corrected chi connectivity index (χ4v) is 2.92. The number of nitrogens with zero attached hydrogens (tertiary/aromatic N) is 1. The van der Waals surface area contributed by atoms with E-state index in [9.17, 15) is 4.39 Å². The summed E-state index contributed by atoms with van der Waals surface area (Å²) in [4.78, 5) is 4.56. The Hall–Kier alpha value is -1.30. The van der Waals surface area contributed by atoms with E-state index in [-0.39, 0.29) is 11.9 Å². The highest BCUT2D eigenvalue weighted by molar-refractivity contribution is 7.10. The maximum atomic E-state index is 13.6. The summed E-state index contributed by atoms with van der Waals surface area (Å²) in [6, 6.07) is 5.22. The molecule has 1 aromatic heterocycles. The van der Waals surface area contributed by atoms with E-state index in [1.165, 1.54) is 6.07 Å². The van der Waals surface area contributed by atoms with Crippen LogP contribution in [0.3, 0.4) is 0 Å². The molecule has 1 aliphatic rings. The molecule has 3 rings (SSSR count). The number of benzene rings is 1. The predicted molar refractivity (Wildman–Crippen MR) is 73.8 cm³/mol. The van der Waals surface area contributed by atoms with Crippen molar-refractivity contribution in [1.82, 2.24) is 10.3 Å². The van der Waals surface area contributed by atoms with Crippen molar-refractivity contribution in [3.8, 4) is 11.3 Å². The van der Waals surface area contributed by atoms with Crippen LogP contribution in [0.15, 0.2) is 23.6 Å². The summed E-state index contributed by atoms with van der Waals surface area (Å²) < 4.78 is 19.2. The molecular weight excluding hydrogens is 263 g/mol. The van der Waals surface area contributed by atoms with Crippen LogP contribution in [0.1, 0.15) is 16.7 Å². The van der Waals surface area contributed by atoms with Crippen molar-refractivity contribution in [1.29, 1.82) is 0 Å². The number of aromatic nitrogens is 1. The zero-order valence-electron chi connectivity index (χ0n) is 10.6. The van der Waals surface area contributed by atoms with Gasteiger partial charge in [-0.3, -0.25) is 0 Å². The lowest BCUT2D eigenvalue weighted by molar-refractivity contribution is 0.0276. The number of morpholine rings is 1. The van der Waals surface area contributed by atoms with Gasteiger partial charge in [0.1, 0.15) is 16.9 Å². The second kappa shape index (κ2) is 5.36. The Labute approximate surface area is 115 Å². The lowest BCUT2D eigenvalue weighted by Gasteiger charge is -2.21. The number of halogens is 1. The molecular formula is C14H15FN2OS. The highest BCUT2D eigenvalue weighted by atomic mass is 32.1. The van der Waals surface area contributed by atoms with E-state index in [0.29, 0.717) is 12.2 Å².